The zero-order valence-electron chi connectivity index (χ0n) is 15.2. The fourth-order valence-electron chi connectivity index (χ4n) is 3.18. The van der Waals surface area contributed by atoms with Crippen molar-refractivity contribution in [2.45, 2.75) is 17.2 Å². The molecule has 0 spiro atoms. The molecule has 4 rings (SSSR count). The second kappa shape index (κ2) is 8.70. The van der Waals surface area contributed by atoms with Gasteiger partial charge in [-0.15, -0.1) is 11.3 Å². The van der Waals surface area contributed by atoms with Crippen molar-refractivity contribution in [2.75, 3.05) is 24.2 Å². The Morgan fingerprint density at radius 3 is 2.68 bits per heavy atom. The van der Waals surface area contributed by atoms with E-state index in [2.05, 4.69) is 15.3 Å². The molecule has 3 aromatic rings. The van der Waals surface area contributed by atoms with E-state index in [1.165, 1.54) is 11.8 Å². The van der Waals surface area contributed by atoms with Crippen molar-refractivity contribution in [3.63, 3.8) is 0 Å². The van der Waals surface area contributed by atoms with Gasteiger partial charge in [0, 0.05) is 25.2 Å². The van der Waals surface area contributed by atoms with Gasteiger partial charge in [0.2, 0.25) is 11.8 Å². The van der Waals surface area contributed by atoms with Crippen LogP contribution >= 0.6 is 23.1 Å². The van der Waals surface area contributed by atoms with Gasteiger partial charge in [-0.2, -0.15) is 0 Å². The van der Waals surface area contributed by atoms with Crippen molar-refractivity contribution in [1.29, 1.82) is 0 Å². The first kappa shape index (κ1) is 18.9. The maximum absolute atomic E-state index is 12.5. The zero-order valence-corrected chi connectivity index (χ0v) is 16.8. The van der Waals surface area contributed by atoms with Gasteiger partial charge in [-0.1, -0.05) is 30.0 Å². The van der Waals surface area contributed by atoms with Gasteiger partial charge >= 0.3 is 0 Å². The summed E-state index contributed by atoms with van der Waals surface area (Å²) in [5, 5.41) is 2.85. The number of carbonyl (C=O) groups excluding carboxylic acids is 2. The SMILES string of the molecule is O=C(Nc1ccccn1)C1CCN(C(=O)CSc2nc3ccccc3s2)CC1. The van der Waals surface area contributed by atoms with E-state index in [0.29, 0.717) is 37.5 Å². The average molecular weight is 413 g/mol. The molecule has 2 aromatic heterocycles. The van der Waals surface area contributed by atoms with Gasteiger partial charge in [0.1, 0.15) is 5.82 Å². The molecule has 0 saturated carbocycles. The lowest BCUT2D eigenvalue weighted by molar-refractivity contribution is -0.132. The molecule has 144 valence electrons. The van der Waals surface area contributed by atoms with Crippen LogP contribution in [0.25, 0.3) is 10.2 Å². The van der Waals surface area contributed by atoms with Crippen LogP contribution in [0.5, 0.6) is 0 Å². The van der Waals surface area contributed by atoms with Crippen molar-refractivity contribution >= 4 is 50.9 Å². The number of carbonyl (C=O) groups is 2. The second-order valence-corrected chi connectivity index (χ2v) is 8.85. The van der Waals surface area contributed by atoms with E-state index in [0.717, 1.165) is 14.6 Å². The smallest absolute Gasteiger partial charge is 0.233 e. The Hall–Kier alpha value is -2.45. The summed E-state index contributed by atoms with van der Waals surface area (Å²) in [5.74, 6) is 0.952. The highest BCUT2D eigenvalue weighted by atomic mass is 32.2. The lowest BCUT2D eigenvalue weighted by atomic mass is 9.96. The fraction of sp³-hybridized carbons (Fsp3) is 0.300. The minimum Gasteiger partial charge on any atom is -0.342 e. The molecule has 3 heterocycles. The number of nitrogens with zero attached hydrogens (tertiary/aromatic N) is 3. The second-order valence-electron chi connectivity index (χ2n) is 6.60. The first-order chi connectivity index (χ1) is 13.7. The quantitative estimate of drug-likeness (QED) is 0.647. The molecule has 1 N–H and O–H groups in total. The maximum atomic E-state index is 12.5. The molecule has 1 aromatic carbocycles. The van der Waals surface area contributed by atoms with Crippen molar-refractivity contribution in [1.82, 2.24) is 14.9 Å². The molecule has 0 bridgehead atoms. The van der Waals surface area contributed by atoms with Crippen molar-refractivity contribution in [2.24, 2.45) is 5.92 Å². The number of piperidine rings is 1. The highest BCUT2D eigenvalue weighted by molar-refractivity contribution is 8.01. The summed E-state index contributed by atoms with van der Waals surface area (Å²) in [5.41, 5.74) is 0.974. The summed E-state index contributed by atoms with van der Waals surface area (Å²) < 4.78 is 2.05. The molecule has 1 aliphatic heterocycles. The van der Waals surface area contributed by atoms with Gasteiger partial charge in [-0.05, 0) is 37.1 Å². The first-order valence-corrected chi connectivity index (χ1v) is 11.0. The Balaban J connectivity index is 1.25. The molecule has 0 radical (unpaired) electrons. The number of thiazole rings is 1. The summed E-state index contributed by atoms with van der Waals surface area (Å²) in [6.45, 7) is 1.22. The van der Waals surface area contributed by atoms with Crippen molar-refractivity contribution < 1.29 is 9.59 Å². The molecule has 2 amide bonds. The number of aromatic nitrogens is 2. The highest BCUT2D eigenvalue weighted by Gasteiger charge is 2.27. The van der Waals surface area contributed by atoms with E-state index in [4.69, 9.17) is 0 Å². The van der Waals surface area contributed by atoms with E-state index in [-0.39, 0.29) is 17.7 Å². The van der Waals surface area contributed by atoms with Gasteiger partial charge in [0.15, 0.2) is 4.34 Å². The van der Waals surface area contributed by atoms with Crippen LogP contribution in [-0.4, -0.2) is 45.5 Å². The lowest BCUT2D eigenvalue weighted by Gasteiger charge is -2.31. The Labute approximate surface area is 171 Å². The number of likely N-dealkylation sites (tertiary alicyclic amines) is 1. The molecule has 1 fully saturated rings. The number of pyridine rings is 1. The molecule has 1 aliphatic rings. The Bertz CT molecular complexity index is 936. The van der Waals surface area contributed by atoms with Gasteiger partial charge in [-0.3, -0.25) is 9.59 Å². The number of nitrogens with one attached hydrogen (secondary N) is 1. The van der Waals surface area contributed by atoms with Crippen LogP contribution in [0.1, 0.15) is 12.8 Å². The predicted molar refractivity (Wildman–Crippen MR) is 113 cm³/mol. The minimum absolute atomic E-state index is 0.0188. The number of amides is 2. The third kappa shape index (κ3) is 4.51. The average Bonchev–Trinajstić information content (AvgIpc) is 3.16. The van der Waals surface area contributed by atoms with Crippen LogP contribution in [-0.2, 0) is 9.59 Å². The first-order valence-electron chi connectivity index (χ1n) is 9.17. The third-order valence-corrected chi connectivity index (χ3v) is 6.89. The number of thioether (sulfide) groups is 1. The summed E-state index contributed by atoms with van der Waals surface area (Å²) in [7, 11) is 0. The third-order valence-electron chi connectivity index (χ3n) is 4.73. The molecular weight excluding hydrogens is 392 g/mol. The van der Waals surface area contributed by atoms with Crippen LogP contribution in [0, 0.1) is 5.92 Å². The highest BCUT2D eigenvalue weighted by Crippen LogP contribution is 2.29. The minimum atomic E-state index is -0.0806. The molecule has 0 atom stereocenters. The fourth-order valence-corrected chi connectivity index (χ4v) is 5.15. The number of hydrogen-bond donors (Lipinski definition) is 1. The Morgan fingerprint density at radius 1 is 1.14 bits per heavy atom. The zero-order chi connectivity index (χ0) is 19.3. The van der Waals surface area contributed by atoms with Gasteiger partial charge in [0.25, 0.3) is 0 Å². The summed E-state index contributed by atoms with van der Waals surface area (Å²) in [6.07, 6.45) is 3.01. The predicted octanol–water partition coefficient (Wildman–Crippen LogP) is 3.66. The van der Waals surface area contributed by atoms with E-state index >= 15 is 0 Å². The van der Waals surface area contributed by atoms with Crippen LogP contribution in [0.2, 0.25) is 0 Å². The van der Waals surface area contributed by atoms with Crippen LogP contribution in [0.15, 0.2) is 53.0 Å². The molecule has 0 aliphatic carbocycles. The van der Waals surface area contributed by atoms with Crippen LogP contribution in [0.4, 0.5) is 5.82 Å². The standard InChI is InChI=1S/C20H20N4O2S2/c25-18(13-27-20-22-15-5-1-2-6-16(15)28-20)24-11-8-14(9-12-24)19(26)23-17-7-3-4-10-21-17/h1-7,10,14H,8-9,11-13H2,(H,21,23,26). The monoisotopic (exact) mass is 412 g/mol. The van der Waals surface area contributed by atoms with E-state index in [9.17, 15) is 9.59 Å². The number of hydrogen-bond acceptors (Lipinski definition) is 6. The molecule has 8 heteroatoms. The topological polar surface area (TPSA) is 75.2 Å². The molecule has 0 unspecified atom stereocenters. The molecule has 1 saturated heterocycles. The summed E-state index contributed by atoms with van der Waals surface area (Å²) in [6, 6.07) is 13.4. The van der Waals surface area contributed by atoms with Crippen LogP contribution < -0.4 is 5.32 Å². The Kier molecular flexibility index (Phi) is 5.87. The summed E-state index contributed by atoms with van der Waals surface area (Å²) in [4.78, 5) is 35.4. The molecular formula is C20H20N4O2S2. The molecule has 6 nitrogen and oxygen atoms in total. The van der Waals surface area contributed by atoms with Gasteiger partial charge < -0.3 is 10.2 Å². The van der Waals surface area contributed by atoms with Gasteiger partial charge in [-0.25, -0.2) is 9.97 Å². The largest absolute Gasteiger partial charge is 0.342 e. The number of benzene rings is 1. The van der Waals surface area contributed by atoms with E-state index in [1.54, 1.807) is 23.6 Å². The maximum Gasteiger partial charge on any atom is 0.233 e. The van der Waals surface area contributed by atoms with Gasteiger partial charge in [0.05, 0.1) is 16.0 Å². The number of anilines is 1. The van der Waals surface area contributed by atoms with E-state index < -0.39 is 0 Å². The number of fused-ring (bicyclic) bond motifs is 1. The van der Waals surface area contributed by atoms with Crippen molar-refractivity contribution in [3.8, 4) is 0 Å². The Morgan fingerprint density at radius 2 is 1.93 bits per heavy atom. The molecule has 28 heavy (non-hydrogen) atoms. The lowest BCUT2D eigenvalue weighted by Crippen LogP contribution is -2.42. The number of rotatable bonds is 5. The number of para-hydroxylation sites is 1. The van der Waals surface area contributed by atoms with E-state index in [1.807, 2.05) is 41.3 Å². The normalized spacial score (nSPS) is 14.9. The van der Waals surface area contributed by atoms with Crippen LogP contribution in [0.3, 0.4) is 0 Å². The summed E-state index contributed by atoms with van der Waals surface area (Å²) >= 11 is 3.10. The van der Waals surface area contributed by atoms with Crippen molar-refractivity contribution in [3.05, 3.63) is 48.7 Å².